The number of ether oxygens (including phenoxy) is 1. The van der Waals surface area contributed by atoms with Crippen molar-refractivity contribution >= 4 is 45.9 Å². The molecule has 1 atom stereocenters. The van der Waals surface area contributed by atoms with Gasteiger partial charge in [-0.3, -0.25) is 4.79 Å². The summed E-state index contributed by atoms with van der Waals surface area (Å²) in [6, 6.07) is 6.05. The van der Waals surface area contributed by atoms with Crippen molar-refractivity contribution in [3.63, 3.8) is 0 Å². The van der Waals surface area contributed by atoms with Crippen LogP contribution in [0.1, 0.15) is 74.7 Å². The Morgan fingerprint density at radius 2 is 1.44 bits per heavy atom. The fourth-order valence-electron chi connectivity index (χ4n) is 4.36. The lowest BCUT2D eigenvalue weighted by Crippen LogP contribution is -2.47. The Balaban J connectivity index is 0.000000353. The van der Waals surface area contributed by atoms with E-state index in [-0.39, 0.29) is 40.1 Å². The largest absolute Gasteiger partial charge is 0.462 e. The quantitative estimate of drug-likeness (QED) is 0.0524. The van der Waals surface area contributed by atoms with Crippen LogP contribution in [-0.2, 0) is 4.74 Å². The molecule has 4 aromatic rings. The van der Waals surface area contributed by atoms with Crippen molar-refractivity contribution in [1.29, 1.82) is 5.26 Å². The van der Waals surface area contributed by atoms with Gasteiger partial charge >= 0.3 is 5.97 Å². The fourth-order valence-corrected chi connectivity index (χ4v) is 4.52. The number of hydrogen-bond acceptors (Lipinski definition) is 13. The van der Waals surface area contributed by atoms with Gasteiger partial charge in [-0.05, 0) is 60.6 Å². The van der Waals surface area contributed by atoms with E-state index in [1.165, 1.54) is 43.1 Å². The third kappa shape index (κ3) is 11.9. The number of rotatable bonds is 15. The third-order valence-electron chi connectivity index (χ3n) is 8.25. The maximum atomic E-state index is 14.4. The zero-order chi connectivity index (χ0) is 43.1. The van der Waals surface area contributed by atoms with Crippen LogP contribution in [0.25, 0.3) is 16.9 Å². The molecule has 0 aliphatic rings. The number of carbonyl (C=O) groups excluding carboxylic acids is 2. The van der Waals surface area contributed by atoms with Gasteiger partial charge in [0, 0.05) is 30.0 Å². The van der Waals surface area contributed by atoms with Gasteiger partial charge < -0.3 is 36.0 Å². The summed E-state index contributed by atoms with van der Waals surface area (Å²) < 4.78 is 76.5. The molecule has 6 N–H and O–H groups in total. The van der Waals surface area contributed by atoms with Crippen LogP contribution in [-0.4, -0.2) is 113 Å². The standard InChI is InChI=1S/C23H26F3N7O3.C13H17ClF2N2O3/c1-21(2,35)17(24)11-30-20(34)15-10-28-18(6-16(15)31-12-23(25,26)22(3,4)36)33-19-14(9-32-33)5-13(7-27)8-29-19;1-4-21-11(19)8-6-17-10(14)5-9(8)18-7-13(15,16)12(2,3)20/h5-6,8-10,17,35-36H,11-12H2,1-4H3,(H,28,31)(H,30,34);5-6,20H,4,7H2,1-3H3,(H,17,18)/t17-;/m1./s1. The van der Waals surface area contributed by atoms with Crippen molar-refractivity contribution in [1.82, 2.24) is 30.0 Å². The Morgan fingerprint density at radius 1 is 0.877 bits per heavy atom. The first-order valence-electron chi connectivity index (χ1n) is 17.1. The van der Waals surface area contributed by atoms with Gasteiger partial charge in [0.25, 0.3) is 17.8 Å². The first kappa shape index (κ1) is 46.2. The minimum absolute atomic E-state index is 0.00667. The van der Waals surface area contributed by atoms with E-state index in [0.29, 0.717) is 16.6 Å². The molecule has 0 spiro atoms. The summed E-state index contributed by atoms with van der Waals surface area (Å²) in [5.74, 6) is -8.39. The summed E-state index contributed by atoms with van der Waals surface area (Å²) in [5.41, 5.74) is -5.82. The second-order valence-corrected chi connectivity index (χ2v) is 14.6. The molecule has 21 heteroatoms. The lowest BCUT2D eigenvalue weighted by molar-refractivity contribution is -0.151. The molecular formula is C36H43ClF5N9O6. The molecule has 0 radical (unpaired) electrons. The Labute approximate surface area is 329 Å². The number of hydrogen-bond donors (Lipinski definition) is 6. The number of amides is 1. The van der Waals surface area contributed by atoms with Gasteiger partial charge in [-0.1, -0.05) is 11.6 Å². The van der Waals surface area contributed by atoms with E-state index in [2.05, 4.69) is 36.0 Å². The van der Waals surface area contributed by atoms with E-state index in [1.807, 2.05) is 6.07 Å². The highest BCUT2D eigenvalue weighted by Crippen LogP contribution is 2.31. The first-order valence-corrected chi connectivity index (χ1v) is 17.5. The van der Waals surface area contributed by atoms with E-state index in [4.69, 9.17) is 21.6 Å². The molecule has 0 fully saturated rings. The molecule has 4 heterocycles. The van der Waals surface area contributed by atoms with E-state index in [9.17, 15) is 46.9 Å². The van der Waals surface area contributed by atoms with E-state index in [1.54, 1.807) is 13.0 Å². The van der Waals surface area contributed by atoms with Crippen LogP contribution in [0.15, 0.2) is 43.0 Å². The molecule has 0 aliphatic heterocycles. The van der Waals surface area contributed by atoms with Crippen LogP contribution in [0.4, 0.5) is 33.3 Å². The summed E-state index contributed by atoms with van der Waals surface area (Å²) in [6.07, 6.45) is 3.24. The lowest BCUT2D eigenvalue weighted by atomic mass is 10.0. The maximum Gasteiger partial charge on any atom is 0.341 e. The molecule has 0 aromatic carbocycles. The van der Waals surface area contributed by atoms with E-state index >= 15 is 0 Å². The summed E-state index contributed by atoms with van der Waals surface area (Å²) >= 11 is 5.70. The average Bonchev–Trinajstić information content (AvgIpc) is 3.54. The molecule has 0 saturated heterocycles. The lowest BCUT2D eigenvalue weighted by Gasteiger charge is -2.29. The molecule has 310 valence electrons. The van der Waals surface area contributed by atoms with Gasteiger partial charge in [-0.2, -0.15) is 15.0 Å². The van der Waals surface area contributed by atoms with Gasteiger partial charge in [0.15, 0.2) is 11.5 Å². The van der Waals surface area contributed by atoms with Crippen LogP contribution in [0.5, 0.6) is 0 Å². The van der Waals surface area contributed by atoms with Crippen LogP contribution < -0.4 is 16.0 Å². The van der Waals surface area contributed by atoms with Gasteiger partial charge in [-0.15, -0.1) is 0 Å². The molecule has 4 aromatic heterocycles. The number of nitrogens with one attached hydrogen (secondary N) is 3. The Kier molecular flexibility index (Phi) is 14.5. The SMILES string of the molecule is CC(C)(O)[C@H](F)CNC(=O)c1cnc(-n2ncc3cc(C#N)cnc32)cc1NCC(F)(F)C(C)(C)O.CCOC(=O)c1cnc(Cl)cc1NCC(F)(F)C(C)(C)O. The smallest absolute Gasteiger partial charge is 0.341 e. The molecule has 1 amide bonds. The normalized spacial score (nSPS) is 12.9. The molecular weight excluding hydrogens is 785 g/mol. The van der Waals surface area contributed by atoms with Crippen molar-refractivity contribution in [3.8, 4) is 11.9 Å². The average molecular weight is 828 g/mol. The highest BCUT2D eigenvalue weighted by Gasteiger charge is 2.46. The van der Waals surface area contributed by atoms with Gasteiger partial charge in [0.2, 0.25) is 0 Å². The highest BCUT2D eigenvalue weighted by molar-refractivity contribution is 6.29. The Hall–Kier alpha value is -5.23. The first-order chi connectivity index (χ1) is 26.2. The van der Waals surface area contributed by atoms with E-state index in [0.717, 1.165) is 40.1 Å². The van der Waals surface area contributed by atoms with Crippen molar-refractivity contribution in [3.05, 3.63) is 64.8 Å². The Bertz CT molecular complexity index is 2090. The number of fused-ring (bicyclic) bond motifs is 1. The minimum Gasteiger partial charge on any atom is -0.462 e. The van der Waals surface area contributed by atoms with Crippen molar-refractivity contribution in [2.24, 2.45) is 0 Å². The number of nitriles is 1. The van der Waals surface area contributed by atoms with E-state index < -0.39 is 66.3 Å². The molecule has 57 heavy (non-hydrogen) atoms. The monoisotopic (exact) mass is 827 g/mol. The summed E-state index contributed by atoms with van der Waals surface area (Å²) in [5, 5.41) is 49.9. The number of carbonyl (C=O) groups is 2. The number of pyridine rings is 3. The molecule has 0 aliphatic carbocycles. The number of anilines is 2. The van der Waals surface area contributed by atoms with Crippen LogP contribution in [0, 0.1) is 11.3 Å². The van der Waals surface area contributed by atoms with Gasteiger partial charge in [-0.25, -0.2) is 41.7 Å². The molecule has 0 unspecified atom stereocenters. The summed E-state index contributed by atoms with van der Waals surface area (Å²) in [6.45, 7) is 5.73. The number of aromatic nitrogens is 5. The predicted molar refractivity (Wildman–Crippen MR) is 200 cm³/mol. The number of nitrogens with zero attached hydrogens (tertiary/aromatic N) is 6. The van der Waals surface area contributed by atoms with Crippen molar-refractivity contribution in [2.75, 3.05) is 36.9 Å². The van der Waals surface area contributed by atoms with Crippen LogP contribution >= 0.6 is 11.6 Å². The van der Waals surface area contributed by atoms with Gasteiger partial charge in [0.05, 0.1) is 60.5 Å². The Morgan fingerprint density at radius 3 is 1.96 bits per heavy atom. The number of alkyl halides is 5. The van der Waals surface area contributed by atoms with Crippen LogP contribution in [0.2, 0.25) is 5.15 Å². The number of aliphatic hydroxyl groups is 3. The number of halogens is 6. The molecule has 0 bridgehead atoms. The second-order valence-electron chi connectivity index (χ2n) is 14.2. The zero-order valence-corrected chi connectivity index (χ0v) is 32.7. The van der Waals surface area contributed by atoms with Crippen molar-refractivity contribution in [2.45, 2.75) is 83.3 Å². The molecule has 4 rings (SSSR count). The maximum absolute atomic E-state index is 14.4. The molecule has 0 saturated carbocycles. The predicted octanol–water partition coefficient (Wildman–Crippen LogP) is 5.07. The topological polar surface area (TPSA) is 220 Å². The summed E-state index contributed by atoms with van der Waals surface area (Å²) in [7, 11) is 0. The summed E-state index contributed by atoms with van der Waals surface area (Å²) in [4.78, 5) is 36.6. The fraction of sp³-hybridized carbons (Fsp3) is 0.472. The number of esters is 1. The van der Waals surface area contributed by atoms with Crippen molar-refractivity contribution < 1.29 is 51.6 Å². The van der Waals surface area contributed by atoms with Crippen LogP contribution in [0.3, 0.4) is 0 Å². The molecule has 15 nitrogen and oxygen atoms in total. The minimum atomic E-state index is -3.58. The van der Waals surface area contributed by atoms with Gasteiger partial charge in [0.1, 0.15) is 34.2 Å². The third-order valence-corrected chi connectivity index (χ3v) is 8.46. The zero-order valence-electron chi connectivity index (χ0n) is 32.0. The second kappa shape index (κ2) is 17.9. The highest BCUT2D eigenvalue weighted by atomic mass is 35.5.